The molecule has 1 amide bonds. The van der Waals surface area contributed by atoms with Gasteiger partial charge in [0.25, 0.3) is 5.91 Å². The fraction of sp³-hybridized carbons (Fsp3) is 0.750. The molecule has 3 N–H and O–H groups in total. The normalized spacial score (nSPS) is 16.5. The second-order valence-corrected chi connectivity index (χ2v) is 4.54. The summed E-state index contributed by atoms with van der Waals surface area (Å²) in [6.45, 7) is 4.98. The maximum absolute atomic E-state index is 11.7. The van der Waals surface area contributed by atoms with Crippen LogP contribution in [0.15, 0.2) is 0 Å². The van der Waals surface area contributed by atoms with Crippen molar-refractivity contribution in [3.63, 3.8) is 0 Å². The summed E-state index contributed by atoms with van der Waals surface area (Å²) in [6, 6.07) is 0. The molecule has 7 nitrogen and oxygen atoms in total. The van der Waals surface area contributed by atoms with E-state index in [0.717, 1.165) is 38.2 Å². The molecule has 2 rings (SSSR count). The van der Waals surface area contributed by atoms with Crippen LogP contribution >= 0.6 is 0 Å². The molecule has 106 valence electrons. The van der Waals surface area contributed by atoms with E-state index < -0.39 is 0 Å². The number of carbonyl (C=O) groups excluding carboxylic acids is 1. The highest BCUT2D eigenvalue weighted by Gasteiger charge is 2.14. The molecule has 0 bridgehead atoms. The lowest BCUT2D eigenvalue weighted by Gasteiger charge is -2.22. The number of hydrogen-bond acceptors (Lipinski definition) is 5. The molecule has 7 heteroatoms. The minimum Gasteiger partial charge on any atom is -0.376 e. The van der Waals surface area contributed by atoms with E-state index in [1.807, 2.05) is 6.92 Å². The topological polar surface area (TPSA) is 91.9 Å². The Morgan fingerprint density at radius 3 is 2.95 bits per heavy atom. The van der Waals surface area contributed by atoms with Gasteiger partial charge in [-0.2, -0.15) is 0 Å². The van der Waals surface area contributed by atoms with Crippen molar-refractivity contribution in [3.8, 4) is 0 Å². The summed E-state index contributed by atoms with van der Waals surface area (Å²) >= 11 is 0. The van der Waals surface area contributed by atoms with Gasteiger partial charge in [0.05, 0.1) is 12.7 Å². The zero-order chi connectivity index (χ0) is 13.5. The average Bonchev–Trinajstić information content (AvgIpc) is 2.93. The van der Waals surface area contributed by atoms with Crippen LogP contribution in [0.1, 0.15) is 36.2 Å². The lowest BCUT2D eigenvalue weighted by Crippen LogP contribution is -2.35. The van der Waals surface area contributed by atoms with Crippen LogP contribution in [-0.2, 0) is 11.2 Å². The highest BCUT2D eigenvalue weighted by molar-refractivity contribution is 5.90. The van der Waals surface area contributed by atoms with Gasteiger partial charge in [0.15, 0.2) is 0 Å². The fourth-order valence-corrected chi connectivity index (χ4v) is 1.99. The third kappa shape index (κ3) is 4.29. The number of H-pyrrole nitrogens is 1. The highest BCUT2D eigenvalue weighted by Crippen LogP contribution is 2.06. The molecule has 0 spiro atoms. The van der Waals surface area contributed by atoms with Crippen LogP contribution in [0, 0.1) is 0 Å². The number of hydrogen-bond donors (Lipinski definition) is 3. The fourth-order valence-electron chi connectivity index (χ4n) is 1.99. The van der Waals surface area contributed by atoms with Crippen molar-refractivity contribution in [1.82, 2.24) is 25.8 Å². The number of nitrogens with zero attached hydrogens (tertiary/aromatic N) is 2. The minimum atomic E-state index is -0.259. The molecule has 0 unspecified atom stereocenters. The first-order chi connectivity index (χ1) is 9.29. The number of carbonyl (C=O) groups is 1. The molecule has 0 atom stereocenters. The van der Waals surface area contributed by atoms with E-state index in [-0.39, 0.29) is 11.7 Å². The standard InChI is InChI=1S/C12H21N5O2/c1-2-10-15-11(17-16-10)12(18)14-7-8-19-9-3-5-13-6-4-9/h9,13H,2-8H2,1H3,(H,14,18)(H,15,16,17). The van der Waals surface area contributed by atoms with Crippen molar-refractivity contribution < 1.29 is 9.53 Å². The third-order valence-electron chi connectivity index (χ3n) is 3.10. The lowest BCUT2D eigenvalue weighted by molar-refractivity contribution is 0.0342. The summed E-state index contributed by atoms with van der Waals surface area (Å²) in [4.78, 5) is 15.8. The molecule has 0 aliphatic carbocycles. The number of amides is 1. The zero-order valence-electron chi connectivity index (χ0n) is 11.2. The maximum atomic E-state index is 11.7. The Bertz CT molecular complexity index is 401. The molecular formula is C12H21N5O2. The Hall–Kier alpha value is -1.47. The van der Waals surface area contributed by atoms with E-state index in [1.165, 1.54) is 0 Å². The Labute approximate surface area is 112 Å². The number of aromatic nitrogens is 3. The minimum absolute atomic E-state index is 0.193. The Balaban J connectivity index is 1.63. The SMILES string of the molecule is CCc1nc(C(=O)NCCOC2CCNCC2)n[nH]1. The number of rotatable bonds is 6. The molecular weight excluding hydrogens is 246 g/mol. The van der Waals surface area contributed by atoms with Crippen LogP contribution in [0.4, 0.5) is 0 Å². The first-order valence-electron chi connectivity index (χ1n) is 6.81. The molecule has 1 aliphatic heterocycles. The van der Waals surface area contributed by atoms with Gasteiger partial charge in [0.2, 0.25) is 5.82 Å². The van der Waals surface area contributed by atoms with E-state index in [0.29, 0.717) is 19.3 Å². The van der Waals surface area contributed by atoms with Crippen molar-refractivity contribution >= 4 is 5.91 Å². The van der Waals surface area contributed by atoms with Crippen LogP contribution in [0.5, 0.6) is 0 Å². The van der Waals surface area contributed by atoms with Crippen molar-refractivity contribution in [1.29, 1.82) is 0 Å². The molecule has 1 aromatic rings. The van der Waals surface area contributed by atoms with E-state index in [1.54, 1.807) is 0 Å². The first kappa shape index (κ1) is 14.0. The molecule has 1 saturated heterocycles. The summed E-state index contributed by atoms with van der Waals surface area (Å²) in [5, 5.41) is 12.6. The van der Waals surface area contributed by atoms with Crippen LogP contribution in [0.2, 0.25) is 0 Å². The van der Waals surface area contributed by atoms with E-state index >= 15 is 0 Å². The highest BCUT2D eigenvalue weighted by atomic mass is 16.5. The van der Waals surface area contributed by atoms with Gasteiger partial charge in [-0.3, -0.25) is 9.89 Å². The molecule has 0 radical (unpaired) electrons. The number of aromatic amines is 1. The Morgan fingerprint density at radius 1 is 1.47 bits per heavy atom. The van der Waals surface area contributed by atoms with Gasteiger partial charge in [-0.25, -0.2) is 4.98 Å². The van der Waals surface area contributed by atoms with E-state index in [4.69, 9.17) is 4.74 Å². The second kappa shape index (κ2) is 7.20. The number of aryl methyl sites for hydroxylation is 1. The van der Waals surface area contributed by atoms with Gasteiger partial charge < -0.3 is 15.4 Å². The smallest absolute Gasteiger partial charge is 0.291 e. The summed E-state index contributed by atoms with van der Waals surface area (Å²) < 4.78 is 5.69. The largest absolute Gasteiger partial charge is 0.376 e. The molecule has 1 aromatic heterocycles. The van der Waals surface area contributed by atoms with Crippen LogP contribution < -0.4 is 10.6 Å². The molecule has 19 heavy (non-hydrogen) atoms. The summed E-state index contributed by atoms with van der Waals surface area (Å²) in [5.41, 5.74) is 0. The maximum Gasteiger partial charge on any atom is 0.291 e. The molecule has 1 fully saturated rings. The van der Waals surface area contributed by atoms with Gasteiger partial charge >= 0.3 is 0 Å². The zero-order valence-corrected chi connectivity index (χ0v) is 11.2. The van der Waals surface area contributed by atoms with Crippen molar-refractivity contribution in [2.75, 3.05) is 26.2 Å². The van der Waals surface area contributed by atoms with Crippen molar-refractivity contribution in [2.24, 2.45) is 0 Å². The monoisotopic (exact) mass is 267 g/mol. The summed E-state index contributed by atoms with van der Waals surface area (Å²) in [7, 11) is 0. The Kier molecular flexibility index (Phi) is 5.29. The second-order valence-electron chi connectivity index (χ2n) is 4.54. The van der Waals surface area contributed by atoms with Crippen LogP contribution in [0.3, 0.4) is 0 Å². The summed E-state index contributed by atoms with van der Waals surface area (Å²) in [5.74, 6) is 0.652. The van der Waals surface area contributed by atoms with Gasteiger partial charge in [0.1, 0.15) is 5.82 Å². The molecule has 1 aliphatic rings. The van der Waals surface area contributed by atoms with E-state index in [2.05, 4.69) is 25.8 Å². The van der Waals surface area contributed by atoms with Gasteiger partial charge in [0, 0.05) is 13.0 Å². The van der Waals surface area contributed by atoms with Gasteiger partial charge in [-0.05, 0) is 25.9 Å². The number of ether oxygens (including phenoxy) is 1. The third-order valence-corrected chi connectivity index (χ3v) is 3.10. The number of nitrogens with one attached hydrogen (secondary N) is 3. The van der Waals surface area contributed by atoms with Crippen LogP contribution in [0.25, 0.3) is 0 Å². The quantitative estimate of drug-likeness (QED) is 0.624. The van der Waals surface area contributed by atoms with Crippen molar-refractivity contribution in [2.45, 2.75) is 32.3 Å². The van der Waals surface area contributed by atoms with Crippen LogP contribution in [-0.4, -0.2) is 53.4 Å². The Morgan fingerprint density at radius 2 is 2.26 bits per heavy atom. The summed E-state index contributed by atoms with van der Waals surface area (Å²) in [6.07, 6.45) is 3.12. The average molecular weight is 267 g/mol. The predicted molar refractivity (Wildman–Crippen MR) is 69.9 cm³/mol. The van der Waals surface area contributed by atoms with Gasteiger partial charge in [-0.15, -0.1) is 5.10 Å². The lowest BCUT2D eigenvalue weighted by atomic mass is 10.1. The van der Waals surface area contributed by atoms with Crippen molar-refractivity contribution in [3.05, 3.63) is 11.6 Å². The number of piperidine rings is 1. The predicted octanol–water partition coefficient (Wildman–Crippen LogP) is -0.134. The molecule has 0 aromatic carbocycles. The van der Waals surface area contributed by atoms with E-state index in [9.17, 15) is 4.79 Å². The molecule has 0 saturated carbocycles. The van der Waals surface area contributed by atoms with Gasteiger partial charge in [-0.1, -0.05) is 6.92 Å². The molecule has 2 heterocycles. The first-order valence-corrected chi connectivity index (χ1v) is 6.81.